The Bertz CT molecular complexity index is 1200. The minimum absolute atomic E-state index is 0.00234. The third kappa shape index (κ3) is 6.14. The summed E-state index contributed by atoms with van der Waals surface area (Å²) in [4.78, 5) is 29.3. The Morgan fingerprint density at radius 3 is 2.72 bits per heavy atom. The highest BCUT2D eigenvalue weighted by molar-refractivity contribution is 5.89. The molecule has 4 rings (SSSR count). The van der Waals surface area contributed by atoms with Crippen LogP contribution in [0.4, 0.5) is 4.79 Å². The van der Waals surface area contributed by atoms with Crippen molar-refractivity contribution < 1.29 is 34.4 Å². The first kappa shape index (κ1) is 25.1. The van der Waals surface area contributed by atoms with Crippen molar-refractivity contribution in [1.82, 2.24) is 15.2 Å². The smallest absolute Gasteiger partial charge is 0.407 e. The van der Waals surface area contributed by atoms with Crippen LogP contribution in [0.2, 0.25) is 0 Å². The number of benzene rings is 2. The highest BCUT2D eigenvalue weighted by Gasteiger charge is 2.35. The number of carbonyl (C=O) groups is 2. The molecule has 4 N–H and O–H groups in total. The second-order valence-electron chi connectivity index (χ2n) is 8.59. The number of hydrogen-bond donors (Lipinski definition) is 4. The average Bonchev–Trinajstić information content (AvgIpc) is 2.88. The quantitative estimate of drug-likeness (QED) is 0.332. The lowest BCUT2D eigenvalue weighted by molar-refractivity contribution is -0.128. The third-order valence-electron chi connectivity index (χ3n) is 5.99. The number of amides is 2. The molecule has 2 aromatic carbocycles. The molecule has 1 fully saturated rings. The number of nitrogens with zero attached hydrogens (tertiary/aromatic N) is 2. The van der Waals surface area contributed by atoms with Gasteiger partial charge in [0.1, 0.15) is 18.4 Å². The van der Waals surface area contributed by atoms with Gasteiger partial charge < -0.3 is 30.1 Å². The van der Waals surface area contributed by atoms with Crippen LogP contribution in [0, 0.1) is 0 Å². The van der Waals surface area contributed by atoms with E-state index in [9.17, 15) is 24.9 Å². The van der Waals surface area contributed by atoms with Crippen molar-refractivity contribution in [3.05, 3.63) is 60.3 Å². The number of aromatic hydroxyl groups is 1. The minimum atomic E-state index is -1.18. The van der Waals surface area contributed by atoms with Crippen molar-refractivity contribution in [1.29, 1.82) is 0 Å². The zero-order chi connectivity index (χ0) is 25.5. The maximum Gasteiger partial charge on any atom is 0.407 e. The zero-order valence-electron chi connectivity index (χ0n) is 19.7. The summed E-state index contributed by atoms with van der Waals surface area (Å²) >= 11 is 0. The monoisotopic (exact) mass is 495 g/mol. The van der Waals surface area contributed by atoms with Crippen LogP contribution in [0.3, 0.4) is 0 Å². The molecule has 0 aliphatic carbocycles. The summed E-state index contributed by atoms with van der Waals surface area (Å²) in [6.07, 6.45) is 0.299. The van der Waals surface area contributed by atoms with Crippen LogP contribution >= 0.6 is 0 Å². The maximum atomic E-state index is 12.6. The Morgan fingerprint density at radius 1 is 1.14 bits per heavy atom. The van der Waals surface area contributed by atoms with Gasteiger partial charge in [0.15, 0.2) is 11.5 Å². The first-order valence-electron chi connectivity index (χ1n) is 11.8. The standard InChI is InChI=1S/C26H29N3O7/c30-18-9-11-29(26(33)34)22(14-18)25(32)27-10-4-12-35-24-20-13-19(31)15-28-21(20)7-8-23(24)36-16-17-5-2-1-3-6-17/h1-3,5-8,13,15,18,22,30-31H,4,9-12,14,16H2,(H,27,32)(H,33,34)/t18?,22-/m1/s1. The summed E-state index contributed by atoms with van der Waals surface area (Å²) in [6, 6.07) is 13.9. The number of nitrogens with one attached hydrogen (secondary N) is 1. The van der Waals surface area contributed by atoms with E-state index < -0.39 is 24.1 Å². The van der Waals surface area contributed by atoms with Gasteiger partial charge in [0, 0.05) is 24.9 Å². The van der Waals surface area contributed by atoms with Crippen LogP contribution in [-0.2, 0) is 11.4 Å². The Morgan fingerprint density at radius 2 is 1.94 bits per heavy atom. The van der Waals surface area contributed by atoms with E-state index in [1.54, 1.807) is 18.2 Å². The molecule has 3 aromatic rings. The van der Waals surface area contributed by atoms with Gasteiger partial charge in [0.05, 0.1) is 24.4 Å². The van der Waals surface area contributed by atoms with Gasteiger partial charge in [0.25, 0.3) is 0 Å². The third-order valence-corrected chi connectivity index (χ3v) is 5.99. The largest absolute Gasteiger partial charge is 0.506 e. The zero-order valence-corrected chi connectivity index (χ0v) is 19.7. The van der Waals surface area contributed by atoms with Gasteiger partial charge in [-0.05, 0) is 36.6 Å². The number of aliphatic hydroxyl groups excluding tert-OH is 1. The number of pyridine rings is 1. The van der Waals surface area contributed by atoms with Crippen LogP contribution in [0.5, 0.6) is 17.2 Å². The molecule has 1 saturated heterocycles. The summed E-state index contributed by atoms with van der Waals surface area (Å²) in [6.45, 7) is 0.934. The molecule has 1 aromatic heterocycles. The lowest BCUT2D eigenvalue weighted by Crippen LogP contribution is -2.54. The predicted molar refractivity (Wildman–Crippen MR) is 131 cm³/mol. The molecule has 0 bridgehead atoms. The minimum Gasteiger partial charge on any atom is -0.506 e. The molecule has 0 radical (unpaired) electrons. The molecule has 0 spiro atoms. The average molecular weight is 496 g/mol. The van der Waals surface area contributed by atoms with E-state index in [-0.39, 0.29) is 31.9 Å². The summed E-state index contributed by atoms with van der Waals surface area (Å²) in [5.41, 5.74) is 1.62. The summed E-state index contributed by atoms with van der Waals surface area (Å²) < 4.78 is 12.0. The highest BCUT2D eigenvalue weighted by Crippen LogP contribution is 2.37. The SMILES string of the molecule is O=C(NCCCOc1c(OCc2ccccc2)ccc2ncc(O)cc12)[C@H]1CC(O)CCN1C(=O)O. The number of aromatic nitrogens is 1. The second-order valence-corrected chi connectivity index (χ2v) is 8.59. The Hall–Kier alpha value is -4.05. The summed E-state index contributed by atoms with van der Waals surface area (Å²) in [7, 11) is 0. The Balaban J connectivity index is 1.38. The van der Waals surface area contributed by atoms with Gasteiger partial charge in [-0.2, -0.15) is 0 Å². The first-order valence-corrected chi connectivity index (χ1v) is 11.8. The molecule has 2 heterocycles. The van der Waals surface area contributed by atoms with Gasteiger partial charge >= 0.3 is 6.09 Å². The number of carboxylic acid groups (broad SMARTS) is 1. The molecular formula is C26H29N3O7. The molecule has 1 aliphatic heterocycles. The summed E-state index contributed by atoms with van der Waals surface area (Å²) in [5, 5.41) is 32.5. The van der Waals surface area contributed by atoms with Gasteiger partial charge in [-0.1, -0.05) is 30.3 Å². The van der Waals surface area contributed by atoms with E-state index in [4.69, 9.17) is 9.47 Å². The van der Waals surface area contributed by atoms with E-state index in [1.807, 2.05) is 30.3 Å². The molecule has 10 nitrogen and oxygen atoms in total. The molecule has 0 saturated carbocycles. The van der Waals surface area contributed by atoms with Gasteiger partial charge in [-0.15, -0.1) is 0 Å². The van der Waals surface area contributed by atoms with E-state index in [1.165, 1.54) is 6.20 Å². The number of aliphatic hydroxyl groups is 1. The number of ether oxygens (including phenoxy) is 2. The number of carbonyl (C=O) groups excluding carboxylic acids is 1. The molecule has 36 heavy (non-hydrogen) atoms. The van der Waals surface area contributed by atoms with Gasteiger partial charge in [-0.3, -0.25) is 14.7 Å². The second kappa shape index (κ2) is 11.6. The molecule has 2 amide bonds. The van der Waals surface area contributed by atoms with E-state index in [0.717, 1.165) is 10.5 Å². The maximum absolute atomic E-state index is 12.6. The molecule has 190 valence electrons. The van der Waals surface area contributed by atoms with Crippen molar-refractivity contribution in [3.8, 4) is 17.2 Å². The fourth-order valence-corrected chi connectivity index (χ4v) is 4.14. The first-order chi connectivity index (χ1) is 17.4. The van der Waals surface area contributed by atoms with E-state index in [2.05, 4.69) is 10.3 Å². The van der Waals surface area contributed by atoms with Gasteiger partial charge in [0.2, 0.25) is 5.91 Å². The van der Waals surface area contributed by atoms with Crippen LogP contribution in [-0.4, -0.2) is 69.0 Å². The van der Waals surface area contributed by atoms with Crippen LogP contribution in [0.25, 0.3) is 10.9 Å². The predicted octanol–water partition coefficient (Wildman–Crippen LogP) is 2.91. The molecule has 10 heteroatoms. The van der Waals surface area contributed by atoms with Crippen molar-refractivity contribution in [3.63, 3.8) is 0 Å². The topological polar surface area (TPSA) is 141 Å². The van der Waals surface area contributed by atoms with E-state index in [0.29, 0.717) is 41.9 Å². The molecular weight excluding hydrogens is 466 g/mol. The van der Waals surface area contributed by atoms with Crippen molar-refractivity contribution in [2.24, 2.45) is 0 Å². The van der Waals surface area contributed by atoms with E-state index >= 15 is 0 Å². The molecule has 1 unspecified atom stereocenters. The number of piperidine rings is 1. The Labute approximate surface area is 208 Å². The number of likely N-dealkylation sites (tertiary alicyclic amines) is 1. The fraction of sp³-hybridized carbons (Fsp3) is 0.346. The number of rotatable bonds is 9. The Kier molecular flexibility index (Phi) is 8.06. The summed E-state index contributed by atoms with van der Waals surface area (Å²) in [5.74, 6) is 0.487. The highest BCUT2D eigenvalue weighted by atomic mass is 16.5. The van der Waals surface area contributed by atoms with Gasteiger partial charge in [-0.25, -0.2) is 4.79 Å². The van der Waals surface area contributed by atoms with Crippen LogP contribution in [0.15, 0.2) is 54.7 Å². The van der Waals surface area contributed by atoms with Crippen molar-refractivity contribution in [2.45, 2.75) is 38.0 Å². The van der Waals surface area contributed by atoms with Crippen LogP contribution in [0.1, 0.15) is 24.8 Å². The number of hydrogen-bond acceptors (Lipinski definition) is 7. The molecule has 1 aliphatic rings. The fourth-order valence-electron chi connectivity index (χ4n) is 4.14. The van der Waals surface area contributed by atoms with Crippen molar-refractivity contribution >= 4 is 22.9 Å². The van der Waals surface area contributed by atoms with Crippen molar-refractivity contribution in [2.75, 3.05) is 19.7 Å². The number of fused-ring (bicyclic) bond motifs is 1. The lowest BCUT2D eigenvalue weighted by atomic mass is 9.99. The lowest BCUT2D eigenvalue weighted by Gasteiger charge is -2.34. The van der Waals surface area contributed by atoms with Crippen LogP contribution < -0.4 is 14.8 Å². The molecule has 2 atom stereocenters. The normalized spacial score (nSPS) is 17.5.